The maximum Gasteiger partial charge on any atom is 2.00 e. The van der Waals surface area contributed by atoms with Crippen LogP contribution in [0.1, 0.15) is 65.2 Å². The first-order chi connectivity index (χ1) is 7.83. The van der Waals surface area contributed by atoms with Gasteiger partial charge in [0.15, 0.2) is 0 Å². The minimum absolute atomic E-state index is 0. The Morgan fingerprint density at radius 2 is 1.17 bits per heavy atom. The molecule has 0 aliphatic rings. The van der Waals surface area contributed by atoms with Gasteiger partial charge in [-0.3, -0.25) is 9.11 Å². The van der Waals surface area contributed by atoms with Gasteiger partial charge in [0.1, 0.15) is 0 Å². The topological polar surface area (TPSA) is 74.6 Å². The van der Waals surface area contributed by atoms with Gasteiger partial charge in [-0.05, 0) is 0 Å². The van der Waals surface area contributed by atoms with E-state index in [2.05, 4.69) is 27.7 Å². The Labute approximate surface area is 126 Å². The van der Waals surface area contributed by atoms with E-state index in [4.69, 9.17) is 17.5 Å². The van der Waals surface area contributed by atoms with Crippen LogP contribution < -0.4 is 0 Å². The van der Waals surface area contributed by atoms with Crippen molar-refractivity contribution in [2.24, 2.45) is 0 Å². The molecule has 108 valence electrons. The van der Waals surface area contributed by atoms with Crippen LogP contribution in [-0.4, -0.2) is 17.5 Å². The predicted molar refractivity (Wildman–Crippen MR) is 73.2 cm³/mol. The van der Waals surface area contributed by atoms with Crippen LogP contribution in [0.3, 0.4) is 0 Å². The Balaban J connectivity index is -0.0000000855. The second-order valence-corrected chi connectivity index (χ2v) is 4.46. The SMILES string of the molecule is O=S(=O)(O)O.[CH2-]CCC.[CH2-]CCCCCCC.[Zn+2]. The second-order valence-electron chi connectivity index (χ2n) is 3.57. The van der Waals surface area contributed by atoms with E-state index in [0.717, 1.165) is 12.8 Å². The number of hydrogen-bond donors (Lipinski definition) is 2. The molecule has 0 heterocycles. The van der Waals surface area contributed by atoms with Crippen molar-refractivity contribution in [1.82, 2.24) is 0 Å². The average molecular weight is 334 g/mol. The molecular formula is C12H28O4SZn. The van der Waals surface area contributed by atoms with Gasteiger partial charge >= 0.3 is 29.9 Å². The van der Waals surface area contributed by atoms with Gasteiger partial charge in [-0.15, -0.1) is 0 Å². The third-order valence-electron chi connectivity index (χ3n) is 1.71. The zero-order valence-corrected chi connectivity index (χ0v) is 15.7. The molecule has 4 nitrogen and oxygen atoms in total. The van der Waals surface area contributed by atoms with Crippen LogP contribution in [0.5, 0.6) is 0 Å². The zero-order valence-electron chi connectivity index (χ0n) is 11.9. The van der Waals surface area contributed by atoms with E-state index < -0.39 is 10.4 Å². The number of hydrogen-bond acceptors (Lipinski definition) is 2. The fraction of sp³-hybridized carbons (Fsp3) is 0.833. The summed E-state index contributed by atoms with van der Waals surface area (Å²) in [6.45, 7) is 11.7. The molecule has 0 amide bonds. The van der Waals surface area contributed by atoms with Crippen LogP contribution in [0.4, 0.5) is 0 Å². The molecule has 0 aromatic heterocycles. The van der Waals surface area contributed by atoms with Gasteiger partial charge in [0.25, 0.3) is 0 Å². The summed E-state index contributed by atoms with van der Waals surface area (Å²) in [6, 6.07) is 0. The van der Waals surface area contributed by atoms with Crippen molar-refractivity contribution in [2.45, 2.75) is 65.2 Å². The minimum atomic E-state index is -4.67. The maximum absolute atomic E-state index is 8.74. The summed E-state index contributed by atoms with van der Waals surface area (Å²) in [6.07, 6.45) is 10.3. The van der Waals surface area contributed by atoms with Crippen molar-refractivity contribution in [1.29, 1.82) is 0 Å². The van der Waals surface area contributed by atoms with Crippen molar-refractivity contribution in [3.05, 3.63) is 13.8 Å². The molecule has 0 saturated carbocycles. The Morgan fingerprint density at radius 3 is 1.39 bits per heavy atom. The standard InChI is InChI=1S/C8H17.C4H9.H2O4S.Zn/c1-3-5-7-8-6-4-2;1-3-4-2;1-5(2,3)4;/h1,3-8H2,2H3;1,3-4H2,2H3;(H2,1,2,3,4);/q2*-1;;+2. The Morgan fingerprint density at radius 1 is 0.833 bits per heavy atom. The van der Waals surface area contributed by atoms with E-state index in [1.165, 1.54) is 38.5 Å². The third-order valence-corrected chi connectivity index (χ3v) is 1.71. The molecule has 6 heteroatoms. The summed E-state index contributed by atoms with van der Waals surface area (Å²) in [5.41, 5.74) is 0. The normalized spacial score (nSPS) is 9.22. The molecule has 0 bridgehead atoms. The molecule has 0 rings (SSSR count). The van der Waals surface area contributed by atoms with E-state index in [1.807, 2.05) is 0 Å². The zero-order chi connectivity index (χ0) is 14.2. The summed E-state index contributed by atoms with van der Waals surface area (Å²) in [5.74, 6) is 0. The average Bonchev–Trinajstić information content (AvgIpc) is 2.23. The molecule has 0 unspecified atom stereocenters. The van der Waals surface area contributed by atoms with Crippen LogP contribution in [-0.2, 0) is 29.9 Å². The Hall–Kier alpha value is 0.493. The van der Waals surface area contributed by atoms with E-state index in [0.29, 0.717) is 0 Å². The summed E-state index contributed by atoms with van der Waals surface area (Å²) >= 11 is 0. The fourth-order valence-electron chi connectivity index (χ4n) is 0.780. The van der Waals surface area contributed by atoms with Crippen molar-refractivity contribution in [2.75, 3.05) is 0 Å². The van der Waals surface area contributed by atoms with Crippen molar-refractivity contribution in [3.8, 4) is 0 Å². The van der Waals surface area contributed by atoms with Crippen LogP contribution in [0.2, 0.25) is 0 Å². The molecule has 0 saturated heterocycles. The Kier molecular flexibility index (Phi) is 33.9. The van der Waals surface area contributed by atoms with Gasteiger partial charge in [0.2, 0.25) is 0 Å². The van der Waals surface area contributed by atoms with Gasteiger partial charge in [-0.2, -0.15) is 21.3 Å². The molecule has 0 aliphatic heterocycles. The van der Waals surface area contributed by atoms with Crippen LogP contribution in [0.25, 0.3) is 0 Å². The molecule has 0 fully saturated rings. The first-order valence-corrected chi connectivity index (χ1v) is 7.51. The van der Waals surface area contributed by atoms with Gasteiger partial charge in [0, 0.05) is 0 Å². The van der Waals surface area contributed by atoms with Crippen LogP contribution in [0.15, 0.2) is 0 Å². The first-order valence-electron chi connectivity index (χ1n) is 6.11. The van der Waals surface area contributed by atoms with Crippen molar-refractivity contribution >= 4 is 10.4 Å². The summed E-state index contributed by atoms with van der Waals surface area (Å²) in [4.78, 5) is 0. The van der Waals surface area contributed by atoms with E-state index >= 15 is 0 Å². The summed E-state index contributed by atoms with van der Waals surface area (Å²) in [5, 5.41) is 0. The summed E-state index contributed by atoms with van der Waals surface area (Å²) < 4.78 is 31.6. The maximum atomic E-state index is 8.74. The van der Waals surface area contributed by atoms with E-state index in [1.54, 1.807) is 0 Å². The third kappa shape index (κ3) is 93.9. The van der Waals surface area contributed by atoms with E-state index in [-0.39, 0.29) is 19.5 Å². The van der Waals surface area contributed by atoms with Crippen LogP contribution >= 0.6 is 0 Å². The monoisotopic (exact) mass is 332 g/mol. The summed E-state index contributed by atoms with van der Waals surface area (Å²) in [7, 11) is -4.67. The van der Waals surface area contributed by atoms with E-state index in [9.17, 15) is 0 Å². The predicted octanol–water partition coefficient (Wildman–Crippen LogP) is 4.15. The molecule has 18 heavy (non-hydrogen) atoms. The molecule has 0 radical (unpaired) electrons. The quantitative estimate of drug-likeness (QED) is 0.331. The molecule has 2 N–H and O–H groups in total. The molecule has 0 aromatic carbocycles. The minimum Gasteiger partial charge on any atom is -0.343 e. The van der Waals surface area contributed by atoms with Gasteiger partial charge in [-0.25, -0.2) is 0 Å². The smallest absolute Gasteiger partial charge is 0.343 e. The molecule has 0 aliphatic carbocycles. The number of unbranched alkanes of at least 4 members (excludes halogenated alkanes) is 6. The first kappa shape index (κ1) is 26.9. The fourth-order valence-corrected chi connectivity index (χ4v) is 0.780. The van der Waals surface area contributed by atoms with Crippen molar-refractivity contribution in [3.63, 3.8) is 0 Å². The molecule has 0 atom stereocenters. The van der Waals surface area contributed by atoms with Gasteiger partial charge < -0.3 is 13.8 Å². The number of rotatable bonds is 6. The Bertz CT molecular complexity index is 190. The second kappa shape index (κ2) is 22.7. The van der Waals surface area contributed by atoms with Gasteiger partial charge in [-0.1, -0.05) is 52.4 Å². The molecule has 0 spiro atoms. The van der Waals surface area contributed by atoms with Crippen LogP contribution in [0, 0.1) is 13.8 Å². The molecule has 0 aromatic rings. The van der Waals surface area contributed by atoms with Gasteiger partial charge in [0.05, 0.1) is 0 Å². The largest absolute Gasteiger partial charge is 2.00 e. The molecular weight excluding hydrogens is 306 g/mol. The van der Waals surface area contributed by atoms with Crippen molar-refractivity contribution < 1.29 is 37.0 Å².